The summed E-state index contributed by atoms with van der Waals surface area (Å²) in [7, 11) is 5.47. The molecule has 1 saturated heterocycles. The highest BCUT2D eigenvalue weighted by Gasteiger charge is 2.39. The van der Waals surface area contributed by atoms with Gasteiger partial charge in [0.25, 0.3) is 0 Å². The van der Waals surface area contributed by atoms with E-state index in [2.05, 4.69) is 0 Å². The van der Waals surface area contributed by atoms with Crippen LogP contribution in [0, 0.1) is 5.92 Å². The molecule has 0 unspecified atom stereocenters. The third kappa shape index (κ3) is 4.98. The number of aldehydes is 1. The van der Waals surface area contributed by atoms with Crippen LogP contribution in [0.15, 0.2) is 30.3 Å². The average molecular weight is 388 g/mol. The zero-order valence-electron chi connectivity index (χ0n) is 17.7. The molecule has 1 aromatic rings. The topological polar surface area (TPSA) is 60.9 Å². The highest BCUT2D eigenvalue weighted by atomic mass is 16.2. The number of hydrogen-bond donors (Lipinski definition) is 0. The van der Waals surface area contributed by atoms with Crippen LogP contribution in [0.25, 0.3) is 0 Å². The summed E-state index contributed by atoms with van der Waals surface area (Å²) < 4.78 is 0. The summed E-state index contributed by atoms with van der Waals surface area (Å²) in [5.74, 6) is -0.255. The molecule has 0 aliphatic carbocycles. The van der Waals surface area contributed by atoms with E-state index in [1.54, 1.807) is 16.8 Å². The van der Waals surface area contributed by atoms with Crippen LogP contribution in [0.1, 0.15) is 32.3 Å². The van der Waals surface area contributed by atoms with Gasteiger partial charge in [-0.15, -0.1) is 0 Å². The monoisotopic (exact) mass is 387 g/mol. The molecule has 6 heteroatoms. The van der Waals surface area contributed by atoms with Crippen molar-refractivity contribution in [2.24, 2.45) is 5.92 Å². The van der Waals surface area contributed by atoms with Gasteiger partial charge in [-0.25, -0.2) is 0 Å². The number of amides is 2. The van der Waals surface area contributed by atoms with E-state index < -0.39 is 6.04 Å². The van der Waals surface area contributed by atoms with Crippen LogP contribution >= 0.6 is 0 Å². The Balaban J connectivity index is 2.22. The molecule has 6 nitrogen and oxygen atoms in total. The Labute approximate surface area is 168 Å². The number of benzene rings is 1. The summed E-state index contributed by atoms with van der Waals surface area (Å²) in [6, 6.07) is 8.59. The molecule has 0 N–H and O–H groups in total. The Kier molecular flexibility index (Phi) is 7.75. The molecule has 1 fully saturated rings. The van der Waals surface area contributed by atoms with E-state index in [9.17, 15) is 14.4 Å². The molecule has 1 aliphatic rings. The van der Waals surface area contributed by atoms with E-state index in [0.29, 0.717) is 19.4 Å². The fraction of sp³-hybridized carbons (Fsp3) is 0.591. The van der Waals surface area contributed by atoms with Crippen LogP contribution in [0.2, 0.25) is 0 Å². The van der Waals surface area contributed by atoms with Crippen molar-refractivity contribution in [3.8, 4) is 0 Å². The first kappa shape index (κ1) is 22.1. The first-order chi connectivity index (χ1) is 13.3. The van der Waals surface area contributed by atoms with Crippen molar-refractivity contribution in [2.45, 2.75) is 51.2 Å². The molecule has 0 saturated carbocycles. The average Bonchev–Trinajstić information content (AvgIpc) is 3.14. The van der Waals surface area contributed by atoms with Crippen molar-refractivity contribution in [3.05, 3.63) is 35.9 Å². The number of hydrogen-bond acceptors (Lipinski definition) is 4. The molecule has 0 bridgehead atoms. The molecule has 0 aromatic heterocycles. The third-order valence-electron chi connectivity index (χ3n) is 5.57. The fourth-order valence-electron chi connectivity index (χ4n) is 3.98. The molecular formula is C22H33N3O3. The van der Waals surface area contributed by atoms with Crippen LogP contribution in [-0.4, -0.2) is 78.6 Å². The van der Waals surface area contributed by atoms with Gasteiger partial charge in [-0.05, 0) is 44.8 Å². The van der Waals surface area contributed by atoms with Crippen molar-refractivity contribution in [3.63, 3.8) is 0 Å². The maximum absolute atomic E-state index is 13.3. The molecule has 1 heterocycles. The predicted molar refractivity (Wildman–Crippen MR) is 110 cm³/mol. The van der Waals surface area contributed by atoms with Crippen molar-refractivity contribution in [1.29, 1.82) is 0 Å². The molecule has 0 spiro atoms. The summed E-state index contributed by atoms with van der Waals surface area (Å²) in [6.45, 7) is 4.47. The second-order valence-corrected chi connectivity index (χ2v) is 8.18. The second kappa shape index (κ2) is 9.82. The van der Waals surface area contributed by atoms with Crippen LogP contribution in [0.5, 0.6) is 0 Å². The van der Waals surface area contributed by atoms with Gasteiger partial charge in [0.15, 0.2) is 0 Å². The third-order valence-corrected chi connectivity index (χ3v) is 5.57. The lowest BCUT2D eigenvalue weighted by Crippen LogP contribution is -2.57. The van der Waals surface area contributed by atoms with E-state index in [1.165, 1.54) is 0 Å². The van der Waals surface area contributed by atoms with Crippen molar-refractivity contribution < 1.29 is 14.4 Å². The molecular weight excluding hydrogens is 354 g/mol. The van der Waals surface area contributed by atoms with E-state index in [4.69, 9.17) is 0 Å². The van der Waals surface area contributed by atoms with E-state index in [1.807, 2.05) is 63.2 Å². The molecule has 2 rings (SSSR count). The van der Waals surface area contributed by atoms with Gasteiger partial charge in [-0.2, -0.15) is 0 Å². The van der Waals surface area contributed by atoms with Gasteiger partial charge in [-0.3, -0.25) is 14.5 Å². The molecule has 1 aromatic carbocycles. The normalized spacial score (nSPS) is 19.0. The summed E-state index contributed by atoms with van der Waals surface area (Å²) in [6.07, 6.45) is 2.96. The SMILES string of the molecule is CC(C)[C@@H](C(=O)N1CCC[C@H]1C=O)N(C)C(=O)[C@H](Cc1ccccc1)N(C)C. The number of nitrogens with zero attached hydrogens (tertiary/aromatic N) is 3. The van der Waals surface area contributed by atoms with Crippen LogP contribution in [0.4, 0.5) is 0 Å². The van der Waals surface area contributed by atoms with Crippen LogP contribution < -0.4 is 0 Å². The molecule has 1 aliphatic heterocycles. The Morgan fingerprint density at radius 2 is 1.82 bits per heavy atom. The number of likely N-dealkylation sites (tertiary alicyclic amines) is 1. The van der Waals surface area contributed by atoms with Crippen LogP contribution in [0.3, 0.4) is 0 Å². The van der Waals surface area contributed by atoms with Gasteiger partial charge in [-0.1, -0.05) is 44.2 Å². The number of likely N-dealkylation sites (N-methyl/N-ethyl adjacent to an activating group) is 2. The number of carbonyl (C=O) groups excluding carboxylic acids is 3. The molecule has 0 radical (unpaired) electrons. The molecule has 28 heavy (non-hydrogen) atoms. The van der Waals surface area contributed by atoms with E-state index in [0.717, 1.165) is 18.3 Å². The maximum atomic E-state index is 13.3. The highest BCUT2D eigenvalue weighted by molar-refractivity contribution is 5.91. The Morgan fingerprint density at radius 3 is 2.36 bits per heavy atom. The number of rotatable bonds is 8. The Morgan fingerprint density at radius 1 is 1.18 bits per heavy atom. The van der Waals surface area contributed by atoms with Gasteiger partial charge in [0, 0.05) is 13.6 Å². The summed E-state index contributed by atoms with van der Waals surface area (Å²) in [5, 5.41) is 0. The van der Waals surface area contributed by atoms with Gasteiger partial charge < -0.3 is 14.6 Å². The summed E-state index contributed by atoms with van der Waals surface area (Å²) in [4.78, 5) is 43.0. The summed E-state index contributed by atoms with van der Waals surface area (Å²) >= 11 is 0. The van der Waals surface area contributed by atoms with E-state index >= 15 is 0 Å². The maximum Gasteiger partial charge on any atom is 0.246 e. The predicted octanol–water partition coefficient (Wildman–Crippen LogP) is 1.83. The first-order valence-electron chi connectivity index (χ1n) is 10.0. The quantitative estimate of drug-likeness (QED) is 0.639. The largest absolute Gasteiger partial charge is 0.332 e. The smallest absolute Gasteiger partial charge is 0.246 e. The zero-order chi connectivity index (χ0) is 20.8. The minimum atomic E-state index is -0.578. The van der Waals surface area contributed by atoms with Crippen LogP contribution in [-0.2, 0) is 20.8 Å². The Bertz CT molecular complexity index is 675. The van der Waals surface area contributed by atoms with Gasteiger partial charge in [0.05, 0.1) is 12.1 Å². The van der Waals surface area contributed by atoms with Gasteiger partial charge >= 0.3 is 0 Å². The van der Waals surface area contributed by atoms with Crippen molar-refractivity contribution in [2.75, 3.05) is 27.7 Å². The molecule has 3 atom stereocenters. The number of carbonyl (C=O) groups is 3. The van der Waals surface area contributed by atoms with Gasteiger partial charge in [0.1, 0.15) is 12.3 Å². The molecule has 154 valence electrons. The van der Waals surface area contributed by atoms with E-state index in [-0.39, 0.29) is 29.8 Å². The summed E-state index contributed by atoms with van der Waals surface area (Å²) in [5.41, 5.74) is 1.08. The lowest BCUT2D eigenvalue weighted by molar-refractivity contribution is -0.149. The standard InChI is InChI=1S/C22H33N3O3/c1-16(2)20(22(28)25-13-9-12-18(25)15-26)24(5)21(27)19(23(3)4)14-17-10-7-6-8-11-17/h6-8,10-11,15-16,18-20H,9,12-14H2,1-5H3/t18-,19-,20-/m0/s1. The first-order valence-corrected chi connectivity index (χ1v) is 10.0. The molecule has 2 amide bonds. The minimum Gasteiger partial charge on any atom is -0.332 e. The second-order valence-electron chi connectivity index (χ2n) is 8.18. The lowest BCUT2D eigenvalue weighted by Gasteiger charge is -2.37. The lowest BCUT2D eigenvalue weighted by atomic mass is 9.98. The van der Waals surface area contributed by atoms with Crippen molar-refractivity contribution in [1.82, 2.24) is 14.7 Å². The Hall–Kier alpha value is -2.21. The minimum absolute atomic E-state index is 0.0473. The highest BCUT2D eigenvalue weighted by Crippen LogP contribution is 2.22. The fourth-order valence-corrected chi connectivity index (χ4v) is 3.98. The van der Waals surface area contributed by atoms with Crippen molar-refractivity contribution >= 4 is 18.1 Å². The zero-order valence-corrected chi connectivity index (χ0v) is 17.7. The van der Waals surface area contributed by atoms with Gasteiger partial charge in [0.2, 0.25) is 11.8 Å².